The highest BCUT2D eigenvalue weighted by Crippen LogP contribution is 2.27. The van der Waals surface area contributed by atoms with Gasteiger partial charge in [-0.15, -0.1) is 0 Å². The standard InChI is InChI=1S/C18H26N2O/c1-2-17(15-6-4-3-5-7-15)20-18(21)13-10-14-8-11-16(19)12-9-14/h8-13,15,17H,2-7,19H2,1H3,(H,20,21)/b13-10+. The lowest BCUT2D eigenvalue weighted by Gasteiger charge is -2.29. The Morgan fingerprint density at radius 1 is 1.29 bits per heavy atom. The number of hydrogen-bond acceptors (Lipinski definition) is 2. The maximum atomic E-state index is 12.1. The van der Waals surface area contributed by atoms with E-state index in [4.69, 9.17) is 5.73 Å². The van der Waals surface area contributed by atoms with Crippen molar-refractivity contribution in [2.75, 3.05) is 5.73 Å². The summed E-state index contributed by atoms with van der Waals surface area (Å²) in [7, 11) is 0. The summed E-state index contributed by atoms with van der Waals surface area (Å²) in [5.74, 6) is 0.655. The number of nitrogens with one attached hydrogen (secondary N) is 1. The van der Waals surface area contributed by atoms with Crippen LogP contribution >= 0.6 is 0 Å². The van der Waals surface area contributed by atoms with Crippen molar-refractivity contribution in [1.82, 2.24) is 5.32 Å². The smallest absolute Gasteiger partial charge is 0.244 e. The van der Waals surface area contributed by atoms with Crippen LogP contribution < -0.4 is 11.1 Å². The van der Waals surface area contributed by atoms with Crippen molar-refractivity contribution in [2.24, 2.45) is 5.92 Å². The molecule has 0 heterocycles. The Bertz CT molecular complexity index is 472. The van der Waals surface area contributed by atoms with Crippen LogP contribution in [0.2, 0.25) is 0 Å². The summed E-state index contributed by atoms with van der Waals surface area (Å²) in [5, 5.41) is 3.17. The van der Waals surface area contributed by atoms with Crippen LogP contribution in [0.1, 0.15) is 51.0 Å². The van der Waals surface area contributed by atoms with Gasteiger partial charge in [0.2, 0.25) is 5.91 Å². The van der Waals surface area contributed by atoms with Gasteiger partial charge in [0.25, 0.3) is 0 Å². The molecule has 0 spiro atoms. The third-order valence-corrected chi connectivity index (χ3v) is 4.35. The molecule has 3 heteroatoms. The number of hydrogen-bond donors (Lipinski definition) is 2. The predicted molar refractivity (Wildman–Crippen MR) is 88.7 cm³/mol. The molecule has 0 radical (unpaired) electrons. The molecule has 1 amide bonds. The molecule has 0 saturated heterocycles. The van der Waals surface area contributed by atoms with Gasteiger partial charge in [0, 0.05) is 17.8 Å². The molecule has 1 saturated carbocycles. The van der Waals surface area contributed by atoms with Gasteiger partial charge < -0.3 is 11.1 Å². The van der Waals surface area contributed by atoms with Gasteiger partial charge in [0.1, 0.15) is 0 Å². The van der Waals surface area contributed by atoms with E-state index >= 15 is 0 Å². The van der Waals surface area contributed by atoms with E-state index in [1.165, 1.54) is 32.1 Å². The third-order valence-electron chi connectivity index (χ3n) is 4.35. The molecule has 0 aliphatic heterocycles. The monoisotopic (exact) mass is 286 g/mol. The van der Waals surface area contributed by atoms with Crippen molar-refractivity contribution in [3.63, 3.8) is 0 Å². The summed E-state index contributed by atoms with van der Waals surface area (Å²) >= 11 is 0. The highest BCUT2D eigenvalue weighted by molar-refractivity contribution is 5.91. The van der Waals surface area contributed by atoms with Gasteiger partial charge >= 0.3 is 0 Å². The fourth-order valence-corrected chi connectivity index (χ4v) is 3.10. The molecule has 114 valence electrons. The summed E-state index contributed by atoms with van der Waals surface area (Å²) in [6.07, 6.45) is 10.9. The van der Waals surface area contributed by atoms with Gasteiger partial charge in [-0.25, -0.2) is 0 Å². The Labute approximate surface area is 127 Å². The van der Waals surface area contributed by atoms with E-state index < -0.39 is 0 Å². The quantitative estimate of drug-likeness (QED) is 0.639. The summed E-state index contributed by atoms with van der Waals surface area (Å²) < 4.78 is 0. The Balaban J connectivity index is 1.88. The Hall–Kier alpha value is -1.77. The summed E-state index contributed by atoms with van der Waals surface area (Å²) in [5.41, 5.74) is 7.37. The van der Waals surface area contributed by atoms with E-state index in [0.29, 0.717) is 12.0 Å². The lowest BCUT2D eigenvalue weighted by atomic mass is 9.83. The molecule has 1 aromatic rings. The molecule has 1 aliphatic carbocycles. The Morgan fingerprint density at radius 3 is 2.57 bits per heavy atom. The van der Waals surface area contributed by atoms with Gasteiger partial charge in [0.05, 0.1) is 0 Å². The van der Waals surface area contributed by atoms with Crippen LogP contribution in [0.25, 0.3) is 6.08 Å². The van der Waals surface area contributed by atoms with Crippen molar-refractivity contribution in [3.05, 3.63) is 35.9 Å². The van der Waals surface area contributed by atoms with E-state index in [-0.39, 0.29) is 5.91 Å². The van der Waals surface area contributed by atoms with E-state index in [2.05, 4.69) is 12.2 Å². The molecule has 2 rings (SSSR count). The first-order valence-corrected chi connectivity index (χ1v) is 8.03. The molecule has 1 fully saturated rings. The number of carbonyl (C=O) groups is 1. The number of amides is 1. The SMILES string of the molecule is CCC(NC(=O)/C=C/c1ccc(N)cc1)C1CCCCC1. The number of nitrogens with two attached hydrogens (primary N) is 1. The third kappa shape index (κ3) is 4.92. The molecule has 0 aromatic heterocycles. The highest BCUT2D eigenvalue weighted by Gasteiger charge is 2.22. The number of nitrogen functional groups attached to an aromatic ring is 1. The van der Waals surface area contributed by atoms with Gasteiger partial charge in [-0.2, -0.15) is 0 Å². The normalized spacial score (nSPS) is 17.8. The maximum Gasteiger partial charge on any atom is 0.244 e. The lowest BCUT2D eigenvalue weighted by Crippen LogP contribution is -2.39. The van der Waals surface area contributed by atoms with Crippen LogP contribution in [0.4, 0.5) is 5.69 Å². The Morgan fingerprint density at radius 2 is 1.95 bits per heavy atom. The molecule has 0 bridgehead atoms. The average molecular weight is 286 g/mol. The number of rotatable bonds is 5. The minimum absolute atomic E-state index is 0.00393. The summed E-state index contributed by atoms with van der Waals surface area (Å²) in [6, 6.07) is 7.83. The molecule has 1 atom stereocenters. The Kier molecular flexibility index (Phi) is 5.85. The first-order chi connectivity index (χ1) is 10.2. The molecule has 3 nitrogen and oxygen atoms in total. The molecular formula is C18H26N2O. The second-order valence-corrected chi connectivity index (χ2v) is 5.92. The minimum Gasteiger partial charge on any atom is -0.399 e. The van der Waals surface area contributed by atoms with E-state index in [1.54, 1.807) is 6.08 Å². The van der Waals surface area contributed by atoms with Gasteiger partial charge in [0.15, 0.2) is 0 Å². The number of benzene rings is 1. The predicted octanol–water partition coefficient (Wildman–Crippen LogP) is 3.76. The van der Waals surface area contributed by atoms with E-state index in [9.17, 15) is 4.79 Å². The number of anilines is 1. The lowest BCUT2D eigenvalue weighted by molar-refractivity contribution is -0.117. The van der Waals surface area contributed by atoms with Crippen LogP contribution in [-0.2, 0) is 4.79 Å². The fraction of sp³-hybridized carbons (Fsp3) is 0.500. The van der Waals surface area contributed by atoms with E-state index in [0.717, 1.165) is 17.7 Å². The molecule has 1 aliphatic rings. The second-order valence-electron chi connectivity index (χ2n) is 5.92. The van der Waals surface area contributed by atoms with Crippen LogP contribution in [0.5, 0.6) is 0 Å². The van der Waals surface area contributed by atoms with Crippen LogP contribution in [0.3, 0.4) is 0 Å². The van der Waals surface area contributed by atoms with E-state index in [1.807, 2.05) is 30.3 Å². The zero-order chi connectivity index (χ0) is 15.1. The van der Waals surface area contributed by atoms with Crippen molar-refractivity contribution in [2.45, 2.75) is 51.5 Å². The summed E-state index contributed by atoms with van der Waals surface area (Å²) in [4.78, 5) is 12.1. The highest BCUT2D eigenvalue weighted by atomic mass is 16.1. The maximum absolute atomic E-state index is 12.1. The molecule has 1 aromatic carbocycles. The van der Waals surface area contributed by atoms with Gasteiger partial charge in [-0.1, -0.05) is 38.3 Å². The average Bonchev–Trinajstić information content (AvgIpc) is 2.53. The number of carbonyl (C=O) groups excluding carboxylic acids is 1. The topological polar surface area (TPSA) is 55.1 Å². The van der Waals surface area contributed by atoms with Gasteiger partial charge in [-0.05, 0) is 49.0 Å². The first-order valence-electron chi connectivity index (χ1n) is 8.03. The minimum atomic E-state index is 0.00393. The van der Waals surface area contributed by atoms with Crippen molar-refractivity contribution < 1.29 is 4.79 Å². The van der Waals surface area contributed by atoms with Gasteiger partial charge in [-0.3, -0.25) is 4.79 Å². The van der Waals surface area contributed by atoms with Crippen LogP contribution in [0, 0.1) is 5.92 Å². The zero-order valence-electron chi connectivity index (χ0n) is 12.8. The largest absolute Gasteiger partial charge is 0.399 e. The molecule has 3 N–H and O–H groups in total. The van der Waals surface area contributed by atoms with Crippen LogP contribution in [0.15, 0.2) is 30.3 Å². The summed E-state index contributed by atoms with van der Waals surface area (Å²) in [6.45, 7) is 2.16. The van der Waals surface area contributed by atoms with Crippen LogP contribution in [-0.4, -0.2) is 11.9 Å². The van der Waals surface area contributed by atoms with Crippen molar-refractivity contribution in [3.8, 4) is 0 Å². The zero-order valence-corrected chi connectivity index (χ0v) is 12.8. The molecular weight excluding hydrogens is 260 g/mol. The van der Waals surface area contributed by atoms with Crippen molar-refractivity contribution >= 4 is 17.7 Å². The molecule has 1 unspecified atom stereocenters. The molecule has 21 heavy (non-hydrogen) atoms. The first kappa shape index (κ1) is 15.6. The second kappa shape index (κ2) is 7.87. The van der Waals surface area contributed by atoms with Crippen molar-refractivity contribution in [1.29, 1.82) is 0 Å². The fourth-order valence-electron chi connectivity index (χ4n) is 3.10.